The third kappa shape index (κ3) is 4.12. The van der Waals surface area contributed by atoms with Crippen molar-refractivity contribution in [3.63, 3.8) is 0 Å². The SMILES string of the molecule is CCN(CC(C)C)c1cccc(Cl)c1CNC1CC1. The largest absolute Gasteiger partial charge is 0.371 e. The summed E-state index contributed by atoms with van der Waals surface area (Å²) in [5, 5.41) is 4.46. The predicted molar refractivity (Wildman–Crippen MR) is 84.0 cm³/mol. The Labute approximate surface area is 122 Å². The molecule has 0 saturated heterocycles. The van der Waals surface area contributed by atoms with Crippen LogP contribution in [0.3, 0.4) is 0 Å². The van der Waals surface area contributed by atoms with Crippen LogP contribution in [0.15, 0.2) is 18.2 Å². The Hall–Kier alpha value is -0.730. The average Bonchev–Trinajstić information content (AvgIpc) is 3.18. The number of halogens is 1. The number of rotatable bonds is 7. The summed E-state index contributed by atoms with van der Waals surface area (Å²) in [7, 11) is 0. The molecule has 106 valence electrons. The van der Waals surface area contributed by atoms with Crippen molar-refractivity contribution in [1.82, 2.24) is 5.32 Å². The van der Waals surface area contributed by atoms with Crippen LogP contribution in [0.1, 0.15) is 39.2 Å². The molecule has 1 N–H and O–H groups in total. The lowest BCUT2D eigenvalue weighted by atomic mass is 10.1. The first-order valence-electron chi connectivity index (χ1n) is 7.37. The number of nitrogens with zero attached hydrogens (tertiary/aromatic N) is 1. The van der Waals surface area contributed by atoms with E-state index in [1.54, 1.807) is 0 Å². The molecule has 3 heteroatoms. The lowest BCUT2D eigenvalue weighted by Gasteiger charge is -2.28. The summed E-state index contributed by atoms with van der Waals surface area (Å²) in [5.41, 5.74) is 2.54. The van der Waals surface area contributed by atoms with Gasteiger partial charge in [-0.2, -0.15) is 0 Å². The Morgan fingerprint density at radius 3 is 2.68 bits per heavy atom. The highest BCUT2D eigenvalue weighted by atomic mass is 35.5. The van der Waals surface area contributed by atoms with Crippen LogP contribution in [0.25, 0.3) is 0 Å². The van der Waals surface area contributed by atoms with Crippen molar-refractivity contribution < 1.29 is 0 Å². The van der Waals surface area contributed by atoms with E-state index in [1.165, 1.54) is 24.1 Å². The molecule has 0 atom stereocenters. The van der Waals surface area contributed by atoms with Gasteiger partial charge in [0.15, 0.2) is 0 Å². The Bertz CT molecular complexity index is 413. The van der Waals surface area contributed by atoms with Crippen LogP contribution < -0.4 is 10.2 Å². The molecule has 2 nitrogen and oxygen atoms in total. The third-order valence-corrected chi connectivity index (χ3v) is 3.90. The molecule has 0 aliphatic heterocycles. The van der Waals surface area contributed by atoms with E-state index >= 15 is 0 Å². The number of benzene rings is 1. The topological polar surface area (TPSA) is 15.3 Å². The quantitative estimate of drug-likeness (QED) is 0.810. The zero-order valence-electron chi connectivity index (χ0n) is 12.2. The molecule has 0 bridgehead atoms. The minimum absolute atomic E-state index is 0.656. The zero-order valence-corrected chi connectivity index (χ0v) is 13.0. The molecular weight excluding hydrogens is 256 g/mol. The average molecular weight is 281 g/mol. The van der Waals surface area contributed by atoms with Crippen molar-refractivity contribution in [1.29, 1.82) is 0 Å². The molecule has 1 aliphatic carbocycles. The zero-order chi connectivity index (χ0) is 13.8. The Kier molecular flexibility index (Phi) is 5.12. The van der Waals surface area contributed by atoms with Gasteiger partial charge >= 0.3 is 0 Å². The van der Waals surface area contributed by atoms with Gasteiger partial charge < -0.3 is 10.2 Å². The molecule has 1 fully saturated rings. The van der Waals surface area contributed by atoms with Crippen LogP contribution in [-0.2, 0) is 6.54 Å². The lowest BCUT2D eigenvalue weighted by molar-refractivity contribution is 0.614. The number of anilines is 1. The Morgan fingerprint density at radius 2 is 2.11 bits per heavy atom. The van der Waals surface area contributed by atoms with Gasteiger partial charge in [0.25, 0.3) is 0 Å². The summed E-state index contributed by atoms with van der Waals surface area (Å²) in [6.45, 7) is 9.71. The van der Waals surface area contributed by atoms with Crippen LogP contribution in [0, 0.1) is 5.92 Å². The summed E-state index contributed by atoms with van der Waals surface area (Å²) < 4.78 is 0. The fraction of sp³-hybridized carbons (Fsp3) is 0.625. The second kappa shape index (κ2) is 6.62. The minimum Gasteiger partial charge on any atom is -0.371 e. The van der Waals surface area contributed by atoms with E-state index in [4.69, 9.17) is 11.6 Å². The first-order valence-corrected chi connectivity index (χ1v) is 7.75. The number of nitrogens with one attached hydrogen (secondary N) is 1. The van der Waals surface area contributed by atoms with Gasteiger partial charge in [0.1, 0.15) is 0 Å². The normalized spacial score (nSPS) is 15.0. The van der Waals surface area contributed by atoms with Crippen molar-refractivity contribution in [3.8, 4) is 0 Å². The van der Waals surface area contributed by atoms with E-state index in [0.717, 1.165) is 24.7 Å². The maximum Gasteiger partial charge on any atom is 0.0471 e. The van der Waals surface area contributed by atoms with Crippen LogP contribution >= 0.6 is 11.6 Å². The summed E-state index contributed by atoms with van der Waals surface area (Å²) >= 11 is 6.40. The molecule has 1 aromatic carbocycles. The first-order chi connectivity index (χ1) is 9.11. The van der Waals surface area contributed by atoms with E-state index in [0.29, 0.717) is 12.0 Å². The van der Waals surface area contributed by atoms with Crippen molar-refractivity contribution in [2.75, 3.05) is 18.0 Å². The summed E-state index contributed by atoms with van der Waals surface area (Å²) in [6, 6.07) is 6.96. The summed E-state index contributed by atoms with van der Waals surface area (Å²) in [4.78, 5) is 2.43. The van der Waals surface area contributed by atoms with Gasteiger partial charge in [0.05, 0.1) is 0 Å². The van der Waals surface area contributed by atoms with Crippen molar-refractivity contribution >= 4 is 17.3 Å². The van der Waals surface area contributed by atoms with E-state index in [1.807, 2.05) is 6.07 Å². The molecule has 0 aromatic heterocycles. The molecular formula is C16H25ClN2. The molecule has 19 heavy (non-hydrogen) atoms. The smallest absolute Gasteiger partial charge is 0.0471 e. The van der Waals surface area contributed by atoms with E-state index in [-0.39, 0.29) is 0 Å². The highest BCUT2D eigenvalue weighted by Gasteiger charge is 2.22. The van der Waals surface area contributed by atoms with E-state index < -0.39 is 0 Å². The molecule has 0 heterocycles. The lowest BCUT2D eigenvalue weighted by Crippen LogP contribution is -2.29. The van der Waals surface area contributed by atoms with Crippen molar-refractivity contribution in [2.24, 2.45) is 5.92 Å². The van der Waals surface area contributed by atoms with Crippen molar-refractivity contribution in [3.05, 3.63) is 28.8 Å². The summed E-state index contributed by atoms with van der Waals surface area (Å²) in [5.74, 6) is 0.656. The molecule has 0 spiro atoms. The van der Waals surface area contributed by atoms with Gasteiger partial charge in [-0.1, -0.05) is 31.5 Å². The molecule has 1 saturated carbocycles. The molecule has 1 aliphatic rings. The van der Waals surface area contributed by atoms with E-state index in [9.17, 15) is 0 Å². The highest BCUT2D eigenvalue weighted by molar-refractivity contribution is 6.31. The van der Waals surface area contributed by atoms with Crippen molar-refractivity contribution in [2.45, 2.75) is 46.2 Å². The van der Waals surface area contributed by atoms with Gasteiger partial charge in [-0.05, 0) is 37.8 Å². The molecule has 2 rings (SSSR count). The molecule has 0 amide bonds. The monoisotopic (exact) mass is 280 g/mol. The van der Waals surface area contributed by atoms with Gasteiger partial charge in [-0.25, -0.2) is 0 Å². The van der Waals surface area contributed by atoms with Crippen LogP contribution in [0.4, 0.5) is 5.69 Å². The maximum atomic E-state index is 6.40. The maximum absolute atomic E-state index is 6.40. The standard InChI is InChI=1S/C16H25ClN2/c1-4-19(11-12(2)3)16-7-5-6-15(17)14(16)10-18-13-8-9-13/h5-7,12-13,18H,4,8-11H2,1-3H3. The van der Waals surface area contributed by atoms with Crippen LogP contribution in [0.2, 0.25) is 5.02 Å². The number of hydrogen-bond acceptors (Lipinski definition) is 2. The van der Waals surface area contributed by atoms with Crippen LogP contribution in [0.5, 0.6) is 0 Å². The molecule has 0 radical (unpaired) electrons. The molecule has 1 aromatic rings. The fourth-order valence-electron chi connectivity index (χ4n) is 2.39. The third-order valence-electron chi connectivity index (χ3n) is 3.55. The Balaban J connectivity index is 2.18. The second-order valence-corrected chi connectivity index (χ2v) is 6.23. The fourth-order valence-corrected chi connectivity index (χ4v) is 2.63. The van der Waals surface area contributed by atoms with Gasteiger partial charge in [-0.15, -0.1) is 0 Å². The predicted octanol–water partition coefficient (Wildman–Crippen LogP) is 4.07. The number of hydrogen-bond donors (Lipinski definition) is 1. The first kappa shape index (κ1) is 14.7. The minimum atomic E-state index is 0.656. The van der Waals surface area contributed by atoms with Gasteiger partial charge in [-0.3, -0.25) is 0 Å². The highest BCUT2D eigenvalue weighted by Crippen LogP contribution is 2.29. The second-order valence-electron chi connectivity index (χ2n) is 5.83. The van der Waals surface area contributed by atoms with Gasteiger partial charge in [0, 0.05) is 41.9 Å². The summed E-state index contributed by atoms with van der Waals surface area (Å²) in [6.07, 6.45) is 2.62. The van der Waals surface area contributed by atoms with Crippen LogP contribution in [-0.4, -0.2) is 19.1 Å². The van der Waals surface area contributed by atoms with Gasteiger partial charge in [0.2, 0.25) is 0 Å². The molecule has 0 unspecified atom stereocenters. The van der Waals surface area contributed by atoms with E-state index in [2.05, 4.69) is 43.1 Å². The Morgan fingerprint density at radius 1 is 1.37 bits per heavy atom.